The summed E-state index contributed by atoms with van der Waals surface area (Å²) in [6.07, 6.45) is 1.49. The Morgan fingerprint density at radius 1 is 1.30 bits per heavy atom. The van der Waals surface area contributed by atoms with Crippen molar-refractivity contribution in [2.24, 2.45) is 0 Å². The topological polar surface area (TPSA) is 127 Å². The van der Waals surface area contributed by atoms with E-state index >= 15 is 0 Å². The Morgan fingerprint density at radius 3 is 2.70 bits per heavy atom. The molecular weight excluding hydrogens is 462 g/mol. The lowest BCUT2D eigenvalue weighted by Gasteiger charge is -2.14. The molecule has 33 heavy (non-hydrogen) atoms. The minimum absolute atomic E-state index is 0.00397. The second kappa shape index (κ2) is 9.97. The second-order valence-corrected chi connectivity index (χ2v) is 9.90. The molecule has 0 atom stereocenters. The molecule has 0 aliphatic heterocycles. The van der Waals surface area contributed by atoms with Crippen molar-refractivity contribution >= 4 is 38.5 Å². The maximum atomic E-state index is 12.6. The monoisotopic (exact) mass is 485 g/mol. The molecule has 0 spiro atoms. The van der Waals surface area contributed by atoms with Crippen molar-refractivity contribution in [3.05, 3.63) is 52.9 Å². The first-order valence-corrected chi connectivity index (χ1v) is 12.5. The van der Waals surface area contributed by atoms with Crippen molar-refractivity contribution < 1.29 is 17.9 Å². The number of hydrogen-bond acceptors (Lipinski definition) is 8. The van der Waals surface area contributed by atoms with Gasteiger partial charge in [0.25, 0.3) is 11.1 Å². The summed E-state index contributed by atoms with van der Waals surface area (Å²) in [4.78, 5) is 16.5. The number of amides is 1. The molecule has 3 rings (SSSR count). The van der Waals surface area contributed by atoms with Crippen LogP contribution in [-0.4, -0.2) is 40.6 Å². The number of hydrogen-bond donors (Lipinski definition) is 1. The van der Waals surface area contributed by atoms with Gasteiger partial charge in [-0.3, -0.25) is 10.1 Å². The van der Waals surface area contributed by atoms with Crippen LogP contribution < -0.4 is 10.1 Å². The highest BCUT2D eigenvalue weighted by molar-refractivity contribution is 7.91. The number of ether oxygens (including phenoxy) is 1. The Kier molecular flexibility index (Phi) is 7.30. The summed E-state index contributed by atoms with van der Waals surface area (Å²) in [6.45, 7) is 7.73. The third-order valence-electron chi connectivity index (χ3n) is 4.83. The lowest BCUT2D eigenvalue weighted by atomic mass is 10.1. The number of para-hydroxylation sites is 2. The molecule has 2 aromatic heterocycles. The Hall–Kier alpha value is -3.49. The van der Waals surface area contributed by atoms with Gasteiger partial charge in [0.05, 0.1) is 18.0 Å². The zero-order chi connectivity index (χ0) is 24.2. The summed E-state index contributed by atoms with van der Waals surface area (Å²) in [5.74, 6) is -0.124. The van der Waals surface area contributed by atoms with Gasteiger partial charge >= 0.3 is 0 Å². The van der Waals surface area contributed by atoms with E-state index in [1.165, 1.54) is 13.0 Å². The maximum absolute atomic E-state index is 12.6. The Labute approximate surface area is 196 Å². The van der Waals surface area contributed by atoms with Gasteiger partial charge in [-0.2, -0.15) is 14.6 Å². The third-order valence-corrected chi connectivity index (χ3v) is 7.07. The fourth-order valence-electron chi connectivity index (χ4n) is 3.21. The van der Waals surface area contributed by atoms with E-state index in [0.29, 0.717) is 12.2 Å². The number of nitriles is 1. The van der Waals surface area contributed by atoms with E-state index in [2.05, 4.69) is 14.7 Å². The molecule has 0 unspecified atom stereocenters. The normalized spacial score (nSPS) is 11.8. The van der Waals surface area contributed by atoms with E-state index in [1.54, 1.807) is 0 Å². The highest BCUT2D eigenvalue weighted by Crippen LogP contribution is 2.29. The molecule has 0 aliphatic carbocycles. The number of aryl methyl sites for hydroxylation is 1. The van der Waals surface area contributed by atoms with Gasteiger partial charge in [-0.25, -0.2) is 8.42 Å². The predicted molar refractivity (Wildman–Crippen MR) is 126 cm³/mol. The van der Waals surface area contributed by atoms with E-state index in [1.807, 2.05) is 61.7 Å². The first kappa shape index (κ1) is 24.2. The fourth-order valence-corrected chi connectivity index (χ4v) is 4.79. The molecule has 0 bridgehead atoms. The number of rotatable bonds is 8. The first-order valence-electron chi connectivity index (χ1n) is 10.1. The van der Waals surface area contributed by atoms with Crippen molar-refractivity contribution in [2.45, 2.75) is 32.9 Å². The van der Waals surface area contributed by atoms with Gasteiger partial charge in [0.1, 0.15) is 17.4 Å². The van der Waals surface area contributed by atoms with Crippen molar-refractivity contribution in [1.29, 1.82) is 5.26 Å². The molecule has 2 heterocycles. The largest absolute Gasteiger partial charge is 0.492 e. The Bertz CT molecular complexity index is 1360. The van der Waals surface area contributed by atoms with Crippen molar-refractivity contribution in [3.8, 4) is 17.5 Å². The van der Waals surface area contributed by atoms with Crippen LogP contribution in [0.4, 0.5) is 5.13 Å². The van der Waals surface area contributed by atoms with Gasteiger partial charge in [-0.05, 0) is 50.6 Å². The van der Waals surface area contributed by atoms with Crippen LogP contribution in [0, 0.1) is 25.2 Å². The highest BCUT2D eigenvalue weighted by Gasteiger charge is 2.20. The first-order chi connectivity index (χ1) is 15.7. The van der Waals surface area contributed by atoms with Gasteiger partial charge in [-0.1, -0.05) is 19.1 Å². The summed E-state index contributed by atoms with van der Waals surface area (Å²) in [6, 6.07) is 11.4. The van der Waals surface area contributed by atoms with E-state index in [0.717, 1.165) is 34.4 Å². The molecule has 1 N–H and O–H groups in total. The number of nitrogens with zero attached hydrogens (tertiary/aromatic N) is 4. The molecule has 0 radical (unpaired) electrons. The fraction of sp³-hybridized carbons (Fsp3) is 0.273. The van der Waals surface area contributed by atoms with Gasteiger partial charge in [0.15, 0.2) is 0 Å². The molecule has 1 amide bonds. The van der Waals surface area contributed by atoms with Crippen LogP contribution in [0.2, 0.25) is 0 Å². The number of anilines is 1. The summed E-state index contributed by atoms with van der Waals surface area (Å²) in [7, 11) is -3.59. The van der Waals surface area contributed by atoms with Crippen LogP contribution in [0.3, 0.4) is 0 Å². The van der Waals surface area contributed by atoms with Crippen LogP contribution in [0.15, 0.2) is 41.1 Å². The Morgan fingerprint density at radius 2 is 2.03 bits per heavy atom. The Balaban J connectivity index is 1.92. The van der Waals surface area contributed by atoms with Gasteiger partial charge < -0.3 is 9.30 Å². The number of nitrogens with one attached hydrogen (secondary N) is 1. The van der Waals surface area contributed by atoms with Gasteiger partial charge in [0, 0.05) is 22.9 Å². The number of sulfone groups is 1. The van der Waals surface area contributed by atoms with E-state index in [4.69, 9.17) is 4.74 Å². The number of aromatic nitrogens is 3. The minimum atomic E-state index is -3.59. The molecule has 11 heteroatoms. The van der Waals surface area contributed by atoms with Crippen molar-refractivity contribution in [2.75, 3.05) is 17.7 Å². The molecule has 0 saturated carbocycles. The maximum Gasteiger partial charge on any atom is 0.268 e. The van der Waals surface area contributed by atoms with Gasteiger partial charge in [-0.15, -0.1) is 0 Å². The van der Waals surface area contributed by atoms with Crippen LogP contribution in [0.5, 0.6) is 5.75 Å². The average molecular weight is 486 g/mol. The quantitative estimate of drug-likeness (QED) is 0.381. The zero-order valence-corrected chi connectivity index (χ0v) is 20.2. The van der Waals surface area contributed by atoms with Gasteiger partial charge in [0.2, 0.25) is 15.0 Å². The minimum Gasteiger partial charge on any atom is -0.492 e. The standard InChI is InChI=1S/C22H23N5O4S2/c1-5-31-19-10-8-7-9-18(19)27-14(3)11-16(15(27)4)12-17(13-23)20(28)24-21-25-22(26-32-21)33(29,30)6-2/h7-12H,5-6H2,1-4H3,(H,24,25,26,28). The molecule has 0 aliphatic rings. The summed E-state index contributed by atoms with van der Waals surface area (Å²) >= 11 is 0.741. The molecular formula is C22H23N5O4S2. The lowest BCUT2D eigenvalue weighted by molar-refractivity contribution is -0.112. The number of benzene rings is 1. The van der Waals surface area contributed by atoms with Crippen molar-refractivity contribution in [3.63, 3.8) is 0 Å². The number of carbonyl (C=O) groups excluding carboxylic acids is 1. The smallest absolute Gasteiger partial charge is 0.268 e. The van der Waals surface area contributed by atoms with Crippen LogP contribution in [0.25, 0.3) is 11.8 Å². The molecule has 0 fully saturated rings. The van der Waals surface area contributed by atoms with Crippen LogP contribution >= 0.6 is 11.5 Å². The van der Waals surface area contributed by atoms with Crippen molar-refractivity contribution in [1.82, 2.24) is 13.9 Å². The van der Waals surface area contributed by atoms with E-state index < -0.39 is 15.7 Å². The third kappa shape index (κ3) is 5.13. The molecule has 172 valence electrons. The van der Waals surface area contributed by atoms with Crippen LogP contribution in [0.1, 0.15) is 30.8 Å². The number of carbonyl (C=O) groups is 1. The molecule has 0 saturated heterocycles. The summed E-state index contributed by atoms with van der Waals surface area (Å²) in [5.41, 5.74) is 3.13. The SMILES string of the molecule is CCOc1ccccc1-n1c(C)cc(C=C(C#N)C(=O)Nc2nc(S(=O)(=O)CC)ns2)c1C. The van der Waals surface area contributed by atoms with Crippen LogP contribution in [-0.2, 0) is 14.6 Å². The summed E-state index contributed by atoms with van der Waals surface area (Å²) in [5, 5.41) is 11.7. The summed E-state index contributed by atoms with van der Waals surface area (Å²) < 4.78 is 35.3. The molecule has 3 aromatic rings. The molecule has 9 nitrogen and oxygen atoms in total. The van der Waals surface area contributed by atoms with E-state index in [9.17, 15) is 18.5 Å². The lowest BCUT2D eigenvalue weighted by Crippen LogP contribution is -2.14. The zero-order valence-electron chi connectivity index (χ0n) is 18.6. The predicted octanol–water partition coefficient (Wildman–Crippen LogP) is 3.68. The highest BCUT2D eigenvalue weighted by atomic mass is 32.2. The second-order valence-electron chi connectivity index (χ2n) is 6.97. The molecule has 1 aromatic carbocycles. The average Bonchev–Trinajstić information content (AvgIpc) is 3.37. The van der Waals surface area contributed by atoms with E-state index in [-0.39, 0.29) is 21.6 Å².